The van der Waals surface area contributed by atoms with Gasteiger partial charge in [0.25, 0.3) is 10.0 Å². The molecule has 0 bridgehead atoms. The van der Waals surface area contributed by atoms with Crippen LogP contribution in [0.25, 0.3) is 22.3 Å². The van der Waals surface area contributed by atoms with E-state index in [0.717, 1.165) is 12.1 Å². The zero-order valence-corrected chi connectivity index (χ0v) is 23.4. The second kappa shape index (κ2) is 11.4. The van der Waals surface area contributed by atoms with Gasteiger partial charge in [-0.05, 0) is 50.6 Å². The molecule has 1 amide bonds. The fourth-order valence-corrected chi connectivity index (χ4v) is 5.60. The van der Waals surface area contributed by atoms with Crippen molar-refractivity contribution in [1.82, 2.24) is 24.8 Å². The first-order chi connectivity index (χ1) is 19.5. The van der Waals surface area contributed by atoms with Gasteiger partial charge in [0.2, 0.25) is 0 Å². The summed E-state index contributed by atoms with van der Waals surface area (Å²) in [5.41, 5.74) is 1.67. The molecule has 4 aromatic rings. The number of carbonyl (C=O) groups excluding carboxylic acids is 1. The van der Waals surface area contributed by atoms with Gasteiger partial charge in [-0.3, -0.25) is 4.72 Å². The molecular formula is C26H24ClF2N7O4S. The van der Waals surface area contributed by atoms with Crippen LogP contribution < -0.4 is 10.0 Å². The summed E-state index contributed by atoms with van der Waals surface area (Å²) in [5, 5.41) is 3.14. The minimum atomic E-state index is -4.46. The van der Waals surface area contributed by atoms with Crippen molar-refractivity contribution in [2.75, 3.05) is 23.1 Å². The molecular weight excluding hydrogens is 580 g/mol. The number of amides is 1. The number of hydrogen-bond acceptors (Lipinski definition) is 9. The monoisotopic (exact) mass is 603 g/mol. The van der Waals surface area contributed by atoms with E-state index < -0.39 is 26.6 Å². The molecule has 3 aromatic heterocycles. The number of sulfonamides is 1. The first kappa shape index (κ1) is 28.4. The zero-order chi connectivity index (χ0) is 29.3. The Morgan fingerprint density at radius 1 is 1.15 bits per heavy atom. The topological polar surface area (TPSA) is 139 Å². The van der Waals surface area contributed by atoms with Crippen molar-refractivity contribution >= 4 is 50.3 Å². The molecule has 1 atom stereocenters. The Morgan fingerprint density at radius 3 is 2.71 bits per heavy atom. The Kier molecular flexibility index (Phi) is 7.87. The average Bonchev–Trinajstić information content (AvgIpc) is 3.38. The molecule has 1 aliphatic rings. The maximum atomic E-state index is 14.2. The molecule has 0 saturated carbocycles. The molecule has 5 rings (SSSR count). The summed E-state index contributed by atoms with van der Waals surface area (Å²) in [7, 11) is -4.46. The van der Waals surface area contributed by atoms with Crippen molar-refractivity contribution in [1.29, 1.82) is 0 Å². The average molecular weight is 604 g/mol. The number of benzene rings is 1. The summed E-state index contributed by atoms with van der Waals surface area (Å²) in [5.74, 6) is -1.71. The minimum Gasteiger partial charge on any atom is -0.447 e. The Labute approximate surface area is 239 Å². The van der Waals surface area contributed by atoms with Gasteiger partial charge in [-0.2, -0.15) is 0 Å². The zero-order valence-electron chi connectivity index (χ0n) is 21.8. The largest absolute Gasteiger partial charge is 0.447 e. The highest BCUT2D eigenvalue weighted by Crippen LogP contribution is 2.30. The summed E-state index contributed by atoms with van der Waals surface area (Å²) in [6.07, 6.45) is 2.89. The molecule has 0 radical (unpaired) electrons. The molecule has 4 heterocycles. The molecule has 0 spiro atoms. The van der Waals surface area contributed by atoms with E-state index in [1.54, 1.807) is 30.9 Å². The van der Waals surface area contributed by atoms with Gasteiger partial charge in [-0.25, -0.2) is 41.9 Å². The number of likely N-dealkylation sites (tertiary alicyclic amines) is 1. The number of anilines is 2. The summed E-state index contributed by atoms with van der Waals surface area (Å²) in [6.45, 7) is 4.54. The highest BCUT2D eigenvalue weighted by atomic mass is 35.5. The fraction of sp³-hybridized carbons (Fsp3) is 0.269. The molecule has 214 valence electrons. The van der Waals surface area contributed by atoms with Crippen LogP contribution in [0.4, 0.5) is 25.1 Å². The number of pyridine rings is 2. The van der Waals surface area contributed by atoms with Crippen molar-refractivity contribution in [3.8, 4) is 11.3 Å². The van der Waals surface area contributed by atoms with Crippen LogP contribution in [0.2, 0.25) is 5.15 Å². The lowest BCUT2D eigenvalue weighted by atomic mass is 10.1. The number of fused-ring (bicyclic) bond motifs is 1. The van der Waals surface area contributed by atoms with Crippen LogP contribution >= 0.6 is 11.6 Å². The third-order valence-electron chi connectivity index (χ3n) is 6.17. The molecule has 2 N–H and O–H groups in total. The molecule has 1 aliphatic heterocycles. The summed E-state index contributed by atoms with van der Waals surface area (Å²) in [4.78, 5) is 30.5. The van der Waals surface area contributed by atoms with Crippen molar-refractivity contribution in [2.45, 2.75) is 37.3 Å². The highest BCUT2D eigenvalue weighted by Gasteiger charge is 2.28. The van der Waals surface area contributed by atoms with Gasteiger partial charge in [-0.1, -0.05) is 11.6 Å². The predicted octanol–water partition coefficient (Wildman–Crippen LogP) is 4.85. The lowest BCUT2D eigenvalue weighted by molar-refractivity contribution is 0.0834. The van der Waals surface area contributed by atoms with Crippen LogP contribution in [0.5, 0.6) is 0 Å². The molecule has 1 fully saturated rings. The third-order valence-corrected chi connectivity index (χ3v) is 7.87. The van der Waals surface area contributed by atoms with Gasteiger partial charge < -0.3 is 15.0 Å². The number of nitrogens with one attached hydrogen (secondary N) is 2. The number of hydrogen-bond donors (Lipinski definition) is 2. The third kappa shape index (κ3) is 6.28. The van der Waals surface area contributed by atoms with Crippen molar-refractivity contribution in [3.63, 3.8) is 0 Å². The van der Waals surface area contributed by atoms with Crippen LogP contribution in [0.1, 0.15) is 20.3 Å². The Bertz CT molecular complexity index is 1740. The second-order valence-corrected chi connectivity index (χ2v) is 11.5. The van der Waals surface area contributed by atoms with Gasteiger partial charge in [0, 0.05) is 37.0 Å². The molecule has 41 heavy (non-hydrogen) atoms. The predicted molar refractivity (Wildman–Crippen MR) is 148 cm³/mol. The molecule has 1 saturated heterocycles. The van der Waals surface area contributed by atoms with Gasteiger partial charge in [0.1, 0.15) is 28.4 Å². The van der Waals surface area contributed by atoms with Crippen LogP contribution in [0.15, 0.2) is 53.8 Å². The van der Waals surface area contributed by atoms with Crippen molar-refractivity contribution in [2.24, 2.45) is 0 Å². The highest BCUT2D eigenvalue weighted by molar-refractivity contribution is 7.92. The van der Waals surface area contributed by atoms with Gasteiger partial charge in [-0.15, -0.1) is 0 Å². The number of rotatable bonds is 7. The van der Waals surface area contributed by atoms with Crippen LogP contribution in [0.3, 0.4) is 0 Å². The number of ether oxygens (including phenoxy) is 1. The lowest BCUT2D eigenvalue weighted by Gasteiger charge is -2.19. The van der Waals surface area contributed by atoms with Crippen molar-refractivity contribution in [3.05, 3.63) is 65.7 Å². The van der Waals surface area contributed by atoms with E-state index in [4.69, 9.17) is 16.3 Å². The smallest absolute Gasteiger partial charge is 0.410 e. The van der Waals surface area contributed by atoms with Crippen LogP contribution in [-0.2, 0) is 14.8 Å². The van der Waals surface area contributed by atoms with Gasteiger partial charge in [0.15, 0.2) is 11.0 Å². The normalized spacial score (nSPS) is 15.4. The molecule has 15 heteroatoms. The van der Waals surface area contributed by atoms with Crippen molar-refractivity contribution < 1.29 is 26.7 Å². The van der Waals surface area contributed by atoms with E-state index in [1.165, 1.54) is 18.6 Å². The van der Waals surface area contributed by atoms with Gasteiger partial charge in [0.05, 0.1) is 23.0 Å². The van der Waals surface area contributed by atoms with Crippen LogP contribution in [-0.4, -0.2) is 64.6 Å². The van der Waals surface area contributed by atoms with Gasteiger partial charge >= 0.3 is 6.09 Å². The SMILES string of the molecule is CC(C)OC(=O)N1CC[C@H](Nc2ncnc3ccc(-c4cnc(Cl)c(NS(=O)(=O)c5ccc(F)cc5F)c4)nc23)C1. The molecule has 0 aliphatic carbocycles. The number of carbonyl (C=O) groups is 1. The number of nitrogens with zero attached hydrogens (tertiary/aromatic N) is 5. The molecule has 0 unspecified atom stereocenters. The van der Waals surface area contributed by atoms with E-state index in [9.17, 15) is 22.0 Å². The fourth-order valence-electron chi connectivity index (χ4n) is 4.27. The van der Waals surface area contributed by atoms with E-state index in [0.29, 0.717) is 53.7 Å². The van der Waals surface area contributed by atoms with E-state index in [1.807, 2.05) is 0 Å². The van der Waals surface area contributed by atoms with Crippen LogP contribution in [0, 0.1) is 11.6 Å². The standard InChI is InChI=1S/C26H24ClF2N7O4S/c1-14(2)40-26(37)36-8-7-17(12-36)33-25-23-20(31-13-32-25)5-4-19(34-23)15-9-21(24(27)30-11-15)35-41(38,39)22-6-3-16(28)10-18(22)29/h3-6,9-11,13-14,17,35H,7-8,12H2,1-2H3,(H,31,32,33)/t17-/m0/s1. The first-order valence-electron chi connectivity index (χ1n) is 12.5. The Hall–Kier alpha value is -4.17. The lowest BCUT2D eigenvalue weighted by Crippen LogP contribution is -2.33. The van der Waals surface area contributed by atoms with E-state index in [-0.39, 0.29) is 29.1 Å². The summed E-state index contributed by atoms with van der Waals surface area (Å²) in [6, 6.07) is 6.81. The maximum absolute atomic E-state index is 14.2. The molecule has 1 aromatic carbocycles. The second-order valence-electron chi connectivity index (χ2n) is 9.54. The quantitative estimate of drug-likeness (QED) is 0.284. The maximum Gasteiger partial charge on any atom is 0.410 e. The Balaban J connectivity index is 1.41. The summed E-state index contributed by atoms with van der Waals surface area (Å²) >= 11 is 6.14. The number of halogens is 3. The van der Waals surface area contributed by atoms with E-state index in [2.05, 4.69) is 30.0 Å². The first-order valence-corrected chi connectivity index (χ1v) is 14.3. The molecule has 11 nitrogen and oxygen atoms in total. The minimum absolute atomic E-state index is 0.0941. The van der Waals surface area contributed by atoms with E-state index >= 15 is 0 Å². The summed E-state index contributed by atoms with van der Waals surface area (Å²) < 4.78 is 60.5. The Morgan fingerprint density at radius 2 is 1.95 bits per heavy atom. The number of aromatic nitrogens is 4.